The lowest BCUT2D eigenvalue weighted by atomic mass is 10.2. The first kappa shape index (κ1) is 16.2. The molecule has 0 bridgehead atoms. The molecule has 3 rings (SSSR count). The minimum Gasteiger partial charge on any atom is -0.484 e. The third kappa shape index (κ3) is 4.44. The summed E-state index contributed by atoms with van der Waals surface area (Å²) >= 11 is 0. The van der Waals surface area contributed by atoms with Gasteiger partial charge in [0.1, 0.15) is 5.75 Å². The molecule has 0 aliphatic heterocycles. The molecule has 126 valence electrons. The van der Waals surface area contributed by atoms with Crippen molar-refractivity contribution in [3.8, 4) is 5.75 Å². The maximum atomic E-state index is 12.0. The highest BCUT2D eigenvalue weighted by atomic mass is 16.5. The van der Waals surface area contributed by atoms with Crippen LogP contribution in [0.4, 0.5) is 0 Å². The Kier molecular flexibility index (Phi) is 4.93. The van der Waals surface area contributed by atoms with E-state index in [0.717, 1.165) is 24.1 Å². The third-order valence-corrected chi connectivity index (χ3v) is 3.93. The number of aryl methyl sites for hydroxylation is 1. The number of hydrogen-bond acceptors (Lipinski definition) is 4. The van der Waals surface area contributed by atoms with Gasteiger partial charge < -0.3 is 10.1 Å². The van der Waals surface area contributed by atoms with Gasteiger partial charge in [-0.05, 0) is 37.5 Å². The number of nitrogens with zero attached hydrogens (tertiary/aromatic N) is 2. The van der Waals surface area contributed by atoms with Crippen molar-refractivity contribution < 1.29 is 9.53 Å². The topological polar surface area (TPSA) is 73.2 Å². The highest BCUT2D eigenvalue weighted by Gasteiger charge is 2.25. The van der Waals surface area contributed by atoms with Crippen LogP contribution >= 0.6 is 0 Å². The summed E-state index contributed by atoms with van der Waals surface area (Å²) in [6.07, 6.45) is 3.80. The number of carbonyl (C=O) groups excluding carboxylic acids is 1. The van der Waals surface area contributed by atoms with Gasteiger partial charge in [-0.1, -0.05) is 12.1 Å². The predicted octanol–water partition coefficient (Wildman–Crippen LogP) is 1.62. The number of nitrogens with one attached hydrogen (secondary N) is 1. The van der Waals surface area contributed by atoms with Crippen LogP contribution in [-0.4, -0.2) is 28.6 Å². The summed E-state index contributed by atoms with van der Waals surface area (Å²) in [4.78, 5) is 28.1. The maximum absolute atomic E-state index is 12.0. The van der Waals surface area contributed by atoms with Gasteiger partial charge in [-0.3, -0.25) is 14.2 Å². The first-order valence-electron chi connectivity index (χ1n) is 8.14. The van der Waals surface area contributed by atoms with Crippen molar-refractivity contribution in [2.75, 3.05) is 13.2 Å². The molecule has 1 fully saturated rings. The Bertz CT molecular complexity index is 781. The van der Waals surface area contributed by atoms with Crippen LogP contribution in [0.2, 0.25) is 0 Å². The van der Waals surface area contributed by atoms with Gasteiger partial charge in [0.15, 0.2) is 6.61 Å². The molecule has 6 heteroatoms. The molecule has 24 heavy (non-hydrogen) atoms. The van der Waals surface area contributed by atoms with E-state index >= 15 is 0 Å². The van der Waals surface area contributed by atoms with Crippen LogP contribution < -0.4 is 15.6 Å². The van der Waals surface area contributed by atoms with Gasteiger partial charge in [0.25, 0.3) is 11.5 Å². The summed E-state index contributed by atoms with van der Waals surface area (Å²) in [5, 5.41) is 2.74. The van der Waals surface area contributed by atoms with Gasteiger partial charge in [0.05, 0.1) is 12.0 Å². The van der Waals surface area contributed by atoms with Crippen LogP contribution in [-0.2, 0) is 11.3 Å². The zero-order valence-electron chi connectivity index (χ0n) is 13.7. The van der Waals surface area contributed by atoms with Crippen LogP contribution in [0.1, 0.15) is 30.0 Å². The summed E-state index contributed by atoms with van der Waals surface area (Å²) in [5.41, 5.74) is 1.89. The summed E-state index contributed by atoms with van der Waals surface area (Å²) in [5.74, 6) is 0.916. The minimum absolute atomic E-state index is 0.0444. The average molecular weight is 327 g/mol. The first-order valence-corrected chi connectivity index (χ1v) is 8.14. The standard InChI is InChI=1S/C18H21N3O3/c1-13-3-2-4-15(9-13)24-11-17(22)19-7-8-21-12-20-16(10-18(21)23)14-5-6-14/h2-4,9-10,12,14H,5-8,11H2,1H3,(H,19,22). The molecule has 6 nitrogen and oxygen atoms in total. The SMILES string of the molecule is Cc1cccc(OCC(=O)NCCn2cnc(C3CC3)cc2=O)c1. The van der Waals surface area contributed by atoms with E-state index in [1.807, 2.05) is 31.2 Å². The van der Waals surface area contributed by atoms with E-state index in [2.05, 4.69) is 10.3 Å². The molecule has 0 atom stereocenters. The van der Waals surface area contributed by atoms with Crippen LogP contribution in [0.15, 0.2) is 41.5 Å². The smallest absolute Gasteiger partial charge is 0.258 e. The number of amides is 1. The van der Waals surface area contributed by atoms with Crippen LogP contribution in [0.5, 0.6) is 5.75 Å². The molecule has 2 aromatic rings. The van der Waals surface area contributed by atoms with Gasteiger partial charge in [0.2, 0.25) is 0 Å². The number of rotatable bonds is 7. The van der Waals surface area contributed by atoms with Crippen molar-refractivity contribution in [3.05, 3.63) is 58.3 Å². The zero-order valence-corrected chi connectivity index (χ0v) is 13.7. The van der Waals surface area contributed by atoms with Crippen molar-refractivity contribution in [2.24, 2.45) is 0 Å². The van der Waals surface area contributed by atoms with Crippen molar-refractivity contribution in [1.29, 1.82) is 0 Å². The second-order valence-corrected chi connectivity index (χ2v) is 6.07. The highest BCUT2D eigenvalue weighted by molar-refractivity contribution is 5.77. The Hall–Kier alpha value is -2.63. The molecule has 0 spiro atoms. The maximum Gasteiger partial charge on any atom is 0.258 e. The fourth-order valence-electron chi connectivity index (χ4n) is 2.43. The number of hydrogen-bond donors (Lipinski definition) is 1. The molecular weight excluding hydrogens is 306 g/mol. The molecule has 0 unspecified atom stereocenters. The Morgan fingerprint density at radius 1 is 1.38 bits per heavy atom. The van der Waals surface area contributed by atoms with Crippen molar-refractivity contribution >= 4 is 5.91 Å². The third-order valence-electron chi connectivity index (χ3n) is 3.93. The van der Waals surface area contributed by atoms with E-state index in [9.17, 15) is 9.59 Å². The van der Waals surface area contributed by atoms with Crippen LogP contribution in [0.25, 0.3) is 0 Å². The second kappa shape index (κ2) is 7.29. The molecular formula is C18H21N3O3. The van der Waals surface area contributed by atoms with E-state index in [0.29, 0.717) is 24.8 Å². The van der Waals surface area contributed by atoms with E-state index in [1.165, 1.54) is 4.57 Å². The molecule has 1 amide bonds. The molecule has 1 aromatic heterocycles. The van der Waals surface area contributed by atoms with Crippen molar-refractivity contribution in [3.63, 3.8) is 0 Å². The van der Waals surface area contributed by atoms with E-state index < -0.39 is 0 Å². The molecule has 0 radical (unpaired) electrons. The lowest BCUT2D eigenvalue weighted by molar-refractivity contribution is -0.123. The monoisotopic (exact) mass is 327 g/mol. The first-order chi connectivity index (χ1) is 11.6. The lowest BCUT2D eigenvalue weighted by Gasteiger charge is -2.09. The van der Waals surface area contributed by atoms with Crippen molar-refractivity contribution in [2.45, 2.75) is 32.2 Å². The quantitative estimate of drug-likeness (QED) is 0.839. The van der Waals surface area contributed by atoms with E-state index in [4.69, 9.17) is 4.74 Å². The molecule has 1 aliphatic rings. The molecule has 1 N–H and O–H groups in total. The number of ether oxygens (including phenoxy) is 1. The van der Waals surface area contributed by atoms with Gasteiger partial charge in [-0.25, -0.2) is 4.98 Å². The molecule has 1 aliphatic carbocycles. The zero-order chi connectivity index (χ0) is 16.9. The fraction of sp³-hybridized carbons (Fsp3) is 0.389. The average Bonchev–Trinajstić information content (AvgIpc) is 3.39. The fourth-order valence-corrected chi connectivity index (χ4v) is 2.43. The van der Waals surface area contributed by atoms with Crippen LogP contribution in [0, 0.1) is 6.92 Å². The van der Waals surface area contributed by atoms with Gasteiger partial charge in [-0.2, -0.15) is 0 Å². The molecule has 1 aromatic carbocycles. The Morgan fingerprint density at radius 3 is 2.92 bits per heavy atom. The molecule has 0 saturated heterocycles. The second-order valence-electron chi connectivity index (χ2n) is 6.07. The Morgan fingerprint density at radius 2 is 2.21 bits per heavy atom. The van der Waals surface area contributed by atoms with Gasteiger partial charge in [-0.15, -0.1) is 0 Å². The van der Waals surface area contributed by atoms with E-state index in [1.54, 1.807) is 12.4 Å². The summed E-state index contributed by atoms with van der Waals surface area (Å²) < 4.78 is 6.94. The van der Waals surface area contributed by atoms with Crippen molar-refractivity contribution in [1.82, 2.24) is 14.9 Å². The Labute approximate surface area is 140 Å². The summed E-state index contributed by atoms with van der Waals surface area (Å²) in [6.45, 7) is 2.68. The van der Waals surface area contributed by atoms with E-state index in [-0.39, 0.29) is 18.1 Å². The predicted molar refractivity (Wildman–Crippen MR) is 90.2 cm³/mol. The van der Waals surface area contributed by atoms with Gasteiger partial charge >= 0.3 is 0 Å². The number of carbonyl (C=O) groups is 1. The number of benzene rings is 1. The van der Waals surface area contributed by atoms with Crippen LogP contribution in [0.3, 0.4) is 0 Å². The highest BCUT2D eigenvalue weighted by Crippen LogP contribution is 2.38. The minimum atomic E-state index is -0.216. The lowest BCUT2D eigenvalue weighted by Crippen LogP contribution is -2.33. The summed E-state index contributed by atoms with van der Waals surface area (Å²) in [7, 11) is 0. The normalized spacial score (nSPS) is 13.5. The molecule has 1 saturated carbocycles. The Balaban J connectivity index is 1.42. The summed E-state index contributed by atoms with van der Waals surface area (Å²) in [6, 6.07) is 9.13. The molecule has 1 heterocycles. The largest absolute Gasteiger partial charge is 0.484 e. The van der Waals surface area contributed by atoms with Gasteiger partial charge in [0, 0.05) is 25.1 Å². The number of aromatic nitrogens is 2.